The van der Waals surface area contributed by atoms with E-state index in [1.54, 1.807) is 32.9 Å². The number of nitrogens with one attached hydrogen (secondary N) is 1. The molecule has 36 heavy (non-hydrogen) atoms. The van der Waals surface area contributed by atoms with Crippen molar-refractivity contribution in [2.24, 2.45) is 0 Å². The molecule has 2 amide bonds. The van der Waals surface area contributed by atoms with Gasteiger partial charge in [-0.05, 0) is 62.2 Å². The van der Waals surface area contributed by atoms with Gasteiger partial charge < -0.3 is 9.80 Å². The maximum atomic E-state index is 14.7. The van der Waals surface area contributed by atoms with Crippen molar-refractivity contribution in [3.8, 4) is 6.07 Å². The lowest BCUT2D eigenvalue weighted by Crippen LogP contribution is -2.57. The van der Waals surface area contributed by atoms with E-state index in [2.05, 4.69) is 10.2 Å². The van der Waals surface area contributed by atoms with E-state index >= 15 is 0 Å². The highest BCUT2D eigenvalue weighted by molar-refractivity contribution is 6.02. The number of carbonyl (C=O) groups is 2. The van der Waals surface area contributed by atoms with Crippen LogP contribution in [0.4, 0.5) is 14.5 Å². The van der Waals surface area contributed by atoms with Crippen LogP contribution in [0, 0.1) is 36.8 Å². The van der Waals surface area contributed by atoms with Gasteiger partial charge in [0.15, 0.2) is 0 Å². The molecule has 0 radical (unpaired) electrons. The lowest BCUT2D eigenvalue weighted by Gasteiger charge is -2.39. The summed E-state index contributed by atoms with van der Waals surface area (Å²) in [5, 5.41) is 15.6. The smallest absolute Gasteiger partial charge is 0.267 e. The molecule has 2 heterocycles. The zero-order valence-corrected chi connectivity index (χ0v) is 19.9. The van der Waals surface area contributed by atoms with Gasteiger partial charge in [-0.25, -0.2) is 13.9 Å². The Bertz CT molecular complexity index is 1480. The second-order valence-corrected chi connectivity index (χ2v) is 8.81. The molecule has 3 aromatic rings. The van der Waals surface area contributed by atoms with Crippen molar-refractivity contribution in [2.75, 3.05) is 18.0 Å². The zero-order valence-electron chi connectivity index (χ0n) is 19.9. The Morgan fingerprint density at radius 3 is 2.56 bits per heavy atom. The van der Waals surface area contributed by atoms with Crippen molar-refractivity contribution < 1.29 is 18.4 Å². The Labute approximate surface area is 205 Å². The number of halogens is 2. The highest BCUT2D eigenvalue weighted by Crippen LogP contribution is 2.25. The summed E-state index contributed by atoms with van der Waals surface area (Å²) < 4.78 is 28.4. The third-order valence-corrected chi connectivity index (χ3v) is 6.42. The number of H-pyrrole nitrogens is 1. The van der Waals surface area contributed by atoms with Gasteiger partial charge in [-0.3, -0.25) is 14.4 Å². The number of aromatic amines is 1. The first-order valence-electron chi connectivity index (χ1n) is 11.2. The van der Waals surface area contributed by atoms with Gasteiger partial charge in [0.1, 0.15) is 24.2 Å². The number of benzene rings is 2. The average Bonchev–Trinajstić information content (AvgIpc) is 2.85. The van der Waals surface area contributed by atoms with E-state index in [1.807, 2.05) is 0 Å². The summed E-state index contributed by atoms with van der Waals surface area (Å²) in [6.45, 7) is 4.99. The first-order valence-corrected chi connectivity index (χ1v) is 11.2. The number of nitrogens with zero attached hydrogens (tertiary/aromatic N) is 4. The van der Waals surface area contributed by atoms with Gasteiger partial charge in [0.2, 0.25) is 5.91 Å². The van der Waals surface area contributed by atoms with Crippen molar-refractivity contribution in [3.63, 3.8) is 0 Å². The van der Waals surface area contributed by atoms with Gasteiger partial charge >= 0.3 is 0 Å². The molecule has 8 nitrogen and oxygen atoms in total. The van der Waals surface area contributed by atoms with Crippen molar-refractivity contribution in [2.45, 2.75) is 33.2 Å². The second kappa shape index (κ2) is 9.70. The average molecular weight is 491 g/mol. The van der Waals surface area contributed by atoms with Crippen molar-refractivity contribution >= 4 is 17.5 Å². The van der Waals surface area contributed by atoms with E-state index in [0.717, 1.165) is 6.07 Å². The molecule has 1 unspecified atom stereocenters. The van der Waals surface area contributed by atoms with Gasteiger partial charge in [0.25, 0.3) is 11.5 Å². The van der Waals surface area contributed by atoms with Crippen LogP contribution in [0.1, 0.15) is 45.2 Å². The summed E-state index contributed by atoms with van der Waals surface area (Å²) in [4.78, 5) is 40.6. The van der Waals surface area contributed by atoms with E-state index < -0.39 is 29.5 Å². The summed E-state index contributed by atoms with van der Waals surface area (Å²) in [6, 6.07) is 9.24. The maximum absolute atomic E-state index is 14.7. The number of hydrogen-bond acceptors (Lipinski definition) is 5. The minimum absolute atomic E-state index is 0.118. The lowest BCUT2D eigenvalue weighted by molar-refractivity contribution is -0.121. The third-order valence-electron chi connectivity index (χ3n) is 6.42. The fourth-order valence-electron chi connectivity index (χ4n) is 4.31. The number of aromatic nitrogens is 2. The van der Waals surface area contributed by atoms with Crippen LogP contribution >= 0.6 is 0 Å². The molecule has 1 saturated heterocycles. The molecule has 1 fully saturated rings. The molecule has 0 spiro atoms. The highest BCUT2D eigenvalue weighted by atomic mass is 19.1. The molecule has 1 aliphatic heterocycles. The SMILES string of the molecule is Cc1c(Cc2ccc(F)c(C(=O)N3CC(=O)N(c4ccc(F)c(C#N)c4)C(C)C3)c2)n[nH]c(=O)c1C. The first-order chi connectivity index (χ1) is 17.1. The van der Waals surface area contributed by atoms with Crippen molar-refractivity contribution in [1.29, 1.82) is 5.26 Å². The van der Waals surface area contributed by atoms with Crippen molar-refractivity contribution in [1.82, 2.24) is 15.1 Å². The summed E-state index contributed by atoms with van der Waals surface area (Å²) in [6.07, 6.45) is 0.277. The number of carbonyl (C=O) groups excluding carboxylic acids is 2. The van der Waals surface area contributed by atoms with Gasteiger partial charge in [0, 0.05) is 24.2 Å². The molecular formula is C26H23F2N5O3. The minimum atomic E-state index is -0.717. The van der Waals surface area contributed by atoms with Gasteiger partial charge in [-0.1, -0.05) is 6.07 Å². The fourth-order valence-corrected chi connectivity index (χ4v) is 4.31. The maximum Gasteiger partial charge on any atom is 0.267 e. The fraction of sp³-hybridized carbons (Fsp3) is 0.269. The zero-order chi connectivity index (χ0) is 26.1. The Morgan fingerprint density at radius 2 is 1.86 bits per heavy atom. The molecule has 0 aliphatic carbocycles. The van der Waals surface area contributed by atoms with E-state index in [9.17, 15) is 23.2 Å². The van der Waals surface area contributed by atoms with Crippen LogP contribution in [-0.2, 0) is 11.2 Å². The van der Waals surface area contributed by atoms with E-state index in [4.69, 9.17) is 5.26 Å². The lowest BCUT2D eigenvalue weighted by atomic mass is 10.0. The summed E-state index contributed by atoms with van der Waals surface area (Å²) >= 11 is 0. The molecule has 2 aromatic carbocycles. The summed E-state index contributed by atoms with van der Waals surface area (Å²) in [7, 11) is 0. The molecular weight excluding hydrogens is 468 g/mol. The monoisotopic (exact) mass is 491 g/mol. The predicted octanol–water partition coefficient (Wildman–Crippen LogP) is 3.00. The minimum Gasteiger partial charge on any atom is -0.327 e. The molecule has 10 heteroatoms. The second-order valence-electron chi connectivity index (χ2n) is 8.81. The topological polar surface area (TPSA) is 110 Å². The summed E-state index contributed by atoms with van der Waals surface area (Å²) in [5.74, 6) is -2.47. The number of anilines is 1. The predicted molar refractivity (Wildman–Crippen MR) is 128 cm³/mol. The molecule has 4 rings (SSSR count). The molecule has 0 bridgehead atoms. The van der Waals surface area contributed by atoms with E-state index in [-0.39, 0.29) is 36.2 Å². The van der Waals surface area contributed by atoms with E-state index in [1.165, 1.54) is 34.1 Å². The summed E-state index contributed by atoms with van der Waals surface area (Å²) in [5.41, 5.74) is 2.18. The third kappa shape index (κ3) is 4.60. The molecule has 0 saturated carbocycles. The first kappa shape index (κ1) is 24.7. The Balaban J connectivity index is 1.56. The quantitative estimate of drug-likeness (QED) is 0.603. The number of amides is 2. The van der Waals surface area contributed by atoms with Crippen LogP contribution in [0.3, 0.4) is 0 Å². The largest absolute Gasteiger partial charge is 0.327 e. The van der Waals surface area contributed by atoms with Gasteiger partial charge in [0.05, 0.1) is 22.9 Å². The van der Waals surface area contributed by atoms with Crippen LogP contribution in [0.5, 0.6) is 0 Å². The number of nitriles is 1. The van der Waals surface area contributed by atoms with Crippen LogP contribution in [0.25, 0.3) is 0 Å². The number of rotatable bonds is 4. The van der Waals surface area contributed by atoms with Crippen molar-refractivity contribution in [3.05, 3.63) is 91.9 Å². The molecule has 1 atom stereocenters. The molecule has 184 valence electrons. The van der Waals surface area contributed by atoms with E-state index in [0.29, 0.717) is 28.1 Å². The Kier molecular flexibility index (Phi) is 6.66. The highest BCUT2D eigenvalue weighted by Gasteiger charge is 2.34. The van der Waals surface area contributed by atoms with Crippen LogP contribution in [0.15, 0.2) is 41.2 Å². The van der Waals surface area contributed by atoms with Crippen LogP contribution in [0.2, 0.25) is 0 Å². The Hall–Kier alpha value is -4.39. The van der Waals surface area contributed by atoms with Crippen LogP contribution < -0.4 is 10.5 Å². The normalized spacial score (nSPS) is 15.7. The standard InChI is InChI=1S/C26H23F2N5O3/c1-14-12-32(13-24(34)33(14)19-5-7-21(27)18(10-19)11-29)26(36)20-8-17(4-6-22(20)28)9-23-15(2)16(3)25(35)31-30-23/h4-8,10,14H,9,12-13H2,1-3H3,(H,31,35). The number of hydrogen-bond donors (Lipinski definition) is 1. The Morgan fingerprint density at radius 1 is 1.14 bits per heavy atom. The molecule has 1 aromatic heterocycles. The van der Waals surface area contributed by atoms with Gasteiger partial charge in [-0.2, -0.15) is 10.4 Å². The molecule has 1 aliphatic rings. The van der Waals surface area contributed by atoms with Gasteiger partial charge in [-0.15, -0.1) is 0 Å². The number of piperazine rings is 1. The molecule has 1 N–H and O–H groups in total. The van der Waals surface area contributed by atoms with Crippen LogP contribution in [-0.4, -0.2) is 46.0 Å².